The lowest BCUT2D eigenvalue weighted by Crippen LogP contribution is -2.40. The maximum atomic E-state index is 6.60. The van der Waals surface area contributed by atoms with Gasteiger partial charge in [0.1, 0.15) is 0 Å². The Morgan fingerprint density at radius 3 is 2.85 bits per heavy atom. The highest BCUT2D eigenvalue weighted by Gasteiger charge is 2.41. The van der Waals surface area contributed by atoms with Crippen molar-refractivity contribution in [2.75, 3.05) is 6.61 Å². The van der Waals surface area contributed by atoms with Crippen LogP contribution in [0.4, 0.5) is 0 Å². The Hall–Kier alpha value is -0.380. The molecule has 20 heavy (non-hydrogen) atoms. The first-order valence-electron chi connectivity index (χ1n) is 7.76. The number of hydrogen-bond acceptors (Lipinski definition) is 2. The number of halogens is 1. The summed E-state index contributed by atoms with van der Waals surface area (Å²) in [5, 5.41) is 0. The molecule has 0 radical (unpaired) electrons. The summed E-state index contributed by atoms with van der Waals surface area (Å²) < 4.78 is 7.31. The van der Waals surface area contributed by atoms with Gasteiger partial charge in [0.05, 0.1) is 5.60 Å². The average Bonchev–Trinajstić information content (AvgIpc) is 2.89. The average molecular weight is 338 g/mol. The van der Waals surface area contributed by atoms with Crippen LogP contribution in [0.1, 0.15) is 55.7 Å². The summed E-state index contributed by atoms with van der Waals surface area (Å²) in [4.78, 5) is 0. The molecule has 0 bridgehead atoms. The lowest BCUT2D eigenvalue weighted by atomic mass is 9.79. The largest absolute Gasteiger partial charge is 0.375 e. The maximum absolute atomic E-state index is 6.60. The fourth-order valence-corrected chi connectivity index (χ4v) is 4.45. The highest BCUT2D eigenvalue weighted by molar-refractivity contribution is 9.10. The predicted octanol–water partition coefficient (Wildman–Crippen LogP) is 4.50. The molecule has 1 aliphatic carbocycles. The quantitative estimate of drug-likeness (QED) is 0.862. The second kappa shape index (κ2) is 5.78. The second-order valence-electron chi connectivity index (χ2n) is 6.50. The van der Waals surface area contributed by atoms with E-state index in [-0.39, 0.29) is 11.6 Å². The summed E-state index contributed by atoms with van der Waals surface area (Å²) in [6.45, 7) is 3.00. The predicted molar refractivity (Wildman–Crippen MR) is 85.7 cm³/mol. The number of hydrogen-bond donors (Lipinski definition) is 1. The molecule has 1 spiro atoms. The van der Waals surface area contributed by atoms with E-state index < -0.39 is 0 Å². The van der Waals surface area contributed by atoms with Crippen LogP contribution in [0.2, 0.25) is 0 Å². The van der Waals surface area contributed by atoms with E-state index in [2.05, 4.69) is 41.1 Å². The van der Waals surface area contributed by atoms with Crippen LogP contribution in [0, 0.1) is 12.8 Å². The van der Waals surface area contributed by atoms with Crippen molar-refractivity contribution in [3.8, 4) is 0 Å². The molecule has 2 unspecified atom stereocenters. The zero-order chi connectivity index (χ0) is 14.2. The number of nitrogens with two attached hydrogens (primary N) is 1. The molecule has 3 rings (SSSR count). The molecule has 0 aromatic heterocycles. The van der Waals surface area contributed by atoms with Crippen molar-refractivity contribution in [2.45, 2.75) is 57.1 Å². The van der Waals surface area contributed by atoms with Crippen LogP contribution in [0.5, 0.6) is 0 Å². The number of aryl methyl sites for hydroxylation is 1. The maximum Gasteiger partial charge on any atom is 0.0685 e. The van der Waals surface area contributed by atoms with Gasteiger partial charge in [-0.25, -0.2) is 0 Å². The molecule has 1 aromatic carbocycles. The first kappa shape index (κ1) is 14.6. The molecule has 1 aliphatic heterocycles. The van der Waals surface area contributed by atoms with Gasteiger partial charge in [-0.05, 0) is 49.7 Å². The Labute approximate surface area is 130 Å². The topological polar surface area (TPSA) is 35.2 Å². The minimum absolute atomic E-state index is 0.116. The highest BCUT2D eigenvalue weighted by Crippen LogP contribution is 2.45. The monoisotopic (exact) mass is 337 g/mol. The van der Waals surface area contributed by atoms with E-state index in [0.29, 0.717) is 5.92 Å². The molecule has 2 atom stereocenters. The van der Waals surface area contributed by atoms with Gasteiger partial charge >= 0.3 is 0 Å². The molecular weight excluding hydrogens is 314 g/mol. The smallest absolute Gasteiger partial charge is 0.0685 e. The van der Waals surface area contributed by atoms with Crippen LogP contribution in [-0.2, 0) is 4.74 Å². The lowest BCUT2D eigenvalue weighted by molar-refractivity contribution is -0.0964. The van der Waals surface area contributed by atoms with Gasteiger partial charge < -0.3 is 10.5 Å². The van der Waals surface area contributed by atoms with Crippen molar-refractivity contribution in [1.29, 1.82) is 0 Å². The zero-order valence-electron chi connectivity index (χ0n) is 12.2. The van der Waals surface area contributed by atoms with E-state index in [9.17, 15) is 0 Å². The van der Waals surface area contributed by atoms with Gasteiger partial charge in [0.25, 0.3) is 0 Å². The first-order valence-corrected chi connectivity index (χ1v) is 8.55. The molecule has 1 aromatic rings. The van der Waals surface area contributed by atoms with E-state index in [1.54, 1.807) is 0 Å². The van der Waals surface area contributed by atoms with Crippen LogP contribution >= 0.6 is 15.9 Å². The molecular formula is C17H24BrNO. The van der Waals surface area contributed by atoms with Crippen LogP contribution in [0.25, 0.3) is 0 Å². The fraction of sp³-hybridized carbons (Fsp3) is 0.647. The summed E-state index contributed by atoms with van der Waals surface area (Å²) in [7, 11) is 0. The standard InChI is InChI=1S/C17H24BrNO/c1-12-5-4-6-14(15(12)18)16(19)13-7-10-20-17(11-13)8-2-3-9-17/h4-6,13,16H,2-3,7-11,19H2,1H3. The first-order chi connectivity index (χ1) is 9.61. The summed E-state index contributed by atoms with van der Waals surface area (Å²) in [6, 6.07) is 6.52. The summed E-state index contributed by atoms with van der Waals surface area (Å²) in [5.74, 6) is 0.542. The molecule has 110 valence electrons. The van der Waals surface area contributed by atoms with Crippen molar-refractivity contribution in [3.63, 3.8) is 0 Å². The molecule has 2 nitrogen and oxygen atoms in total. The van der Waals surface area contributed by atoms with Crippen molar-refractivity contribution in [1.82, 2.24) is 0 Å². The Morgan fingerprint density at radius 2 is 2.10 bits per heavy atom. The number of rotatable bonds is 2. The van der Waals surface area contributed by atoms with Gasteiger partial charge in [0, 0.05) is 17.1 Å². The van der Waals surface area contributed by atoms with Crippen LogP contribution < -0.4 is 5.73 Å². The fourth-order valence-electron chi connectivity index (χ4n) is 3.92. The van der Waals surface area contributed by atoms with Gasteiger partial charge in [0.15, 0.2) is 0 Å². The number of benzene rings is 1. The van der Waals surface area contributed by atoms with Gasteiger partial charge in [0.2, 0.25) is 0 Å². The van der Waals surface area contributed by atoms with E-state index in [0.717, 1.165) is 19.4 Å². The zero-order valence-corrected chi connectivity index (χ0v) is 13.8. The molecule has 1 saturated carbocycles. The minimum Gasteiger partial charge on any atom is -0.375 e. The Morgan fingerprint density at radius 1 is 1.35 bits per heavy atom. The van der Waals surface area contributed by atoms with Crippen molar-refractivity contribution < 1.29 is 4.74 Å². The lowest BCUT2D eigenvalue weighted by Gasteiger charge is -2.40. The summed E-state index contributed by atoms with van der Waals surface area (Å²) >= 11 is 3.71. The third-order valence-corrected chi connectivity index (χ3v) is 6.22. The Kier molecular flexibility index (Phi) is 4.21. The summed E-state index contributed by atoms with van der Waals surface area (Å²) in [5.41, 5.74) is 9.27. The van der Waals surface area contributed by atoms with Gasteiger partial charge in [-0.2, -0.15) is 0 Å². The normalized spacial score (nSPS) is 26.9. The second-order valence-corrected chi connectivity index (χ2v) is 7.29. The van der Waals surface area contributed by atoms with Crippen molar-refractivity contribution in [2.24, 2.45) is 11.7 Å². The molecule has 1 saturated heterocycles. The molecule has 0 amide bonds. The third-order valence-electron chi connectivity index (χ3n) is 5.13. The molecule has 3 heteroatoms. The van der Waals surface area contributed by atoms with Crippen LogP contribution in [-0.4, -0.2) is 12.2 Å². The van der Waals surface area contributed by atoms with E-state index in [1.807, 2.05) is 0 Å². The van der Waals surface area contributed by atoms with Gasteiger partial charge in [-0.15, -0.1) is 0 Å². The van der Waals surface area contributed by atoms with Crippen LogP contribution in [0.15, 0.2) is 22.7 Å². The number of ether oxygens (including phenoxy) is 1. The Bertz CT molecular complexity index is 482. The summed E-state index contributed by atoms with van der Waals surface area (Å²) in [6.07, 6.45) is 7.31. The van der Waals surface area contributed by atoms with Crippen LogP contribution in [0.3, 0.4) is 0 Å². The molecule has 1 heterocycles. The van der Waals surface area contributed by atoms with E-state index >= 15 is 0 Å². The molecule has 2 aliphatic rings. The van der Waals surface area contributed by atoms with E-state index in [4.69, 9.17) is 10.5 Å². The van der Waals surface area contributed by atoms with E-state index in [1.165, 1.54) is 41.3 Å². The molecule has 2 fully saturated rings. The molecule has 2 N–H and O–H groups in total. The SMILES string of the molecule is Cc1cccc(C(N)C2CCOC3(CCCC3)C2)c1Br. The third kappa shape index (κ3) is 2.68. The highest BCUT2D eigenvalue weighted by atomic mass is 79.9. The van der Waals surface area contributed by atoms with Gasteiger partial charge in [-0.1, -0.05) is 47.0 Å². The minimum atomic E-state index is 0.116. The van der Waals surface area contributed by atoms with Crippen molar-refractivity contribution >= 4 is 15.9 Å². The van der Waals surface area contributed by atoms with Crippen molar-refractivity contribution in [3.05, 3.63) is 33.8 Å². The Balaban J connectivity index is 1.79. The van der Waals surface area contributed by atoms with Gasteiger partial charge in [-0.3, -0.25) is 0 Å².